The van der Waals surface area contributed by atoms with Gasteiger partial charge in [0, 0.05) is 35.7 Å². The van der Waals surface area contributed by atoms with Crippen LogP contribution in [0.2, 0.25) is 0 Å². The van der Waals surface area contributed by atoms with Crippen molar-refractivity contribution in [3.05, 3.63) is 64.8 Å². The van der Waals surface area contributed by atoms with Crippen molar-refractivity contribution in [3.63, 3.8) is 0 Å². The second-order valence-electron chi connectivity index (χ2n) is 6.95. The Balaban J connectivity index is 1.84. The maximum atomic E-state index is 12.3. The first-order valence-electron chi connectivity index (χ1n) is 9.25. The average molecular weight is 380 g/mol. The maximum Gasteiger partial charge on any atom is 0.323 e. The van der Waals surface area contributed by atoms with Gasteiger partial charge in [0.2, 0.25) is 0 Å². The van der Waals surface area contributed by atoms with E-state index in [0.717, 1.165) is 39.0 Å². The molecule has 6 heteroatoms. The number of para-hydroxylation sites is 1. The third-order valence-corrected chi connectivity index (χ3v) is 5.33. The molecule has 1 aliphatic rings. The van der Waals surface area contributed by atoms with Gasteiger partial charge in [0.25, 0.3) is 0 Å². The fraction of sp³-hybridized carbons (Fsp3) is 0.318. The number of aromatic amines is 1. The van der Waals surface area contributed by atoms with Gasteiger partial charge in [0.1, 0.15) is 11.8 Å². The van der Waals surface area contributed by atoms with Crippen LogP contribution in [0.25, 0.3) is 10.9 Å². The molecular weight excluding hydrogens is 356 g/mol. The van der Waals surface area contributed by atoms with E-state index >= 15 is 0 Å². The van der Waals surface area contributed by atoms with Gasteiger partial charge in [-0.2, -0.15) is 0 Å². The van der Waals surface area contributed by atoms with E-state index in [0.29, 0.717) is 13.0 Å². The van der Waals surface area contributed by atoms with Gasteiger partial charge in [-0.15, -0.1) is 0 Å². The summed E-state index contributed by atoms with van der Waals surface area (Å²) in [4.78, 5) is 15.9. The molecular formula is C22H24N2O4. The summed E-state index contributed by atoms with van der Waals surface area (Å²) >= 11 is 0. The summed E-state index contributed by atoms with van der Waals surface area (Å²) in [5.41, 5.74) is 5.29. The zero-order valence-electron chi connectivity index (χ0n) is 16.2. The molecule has 2 unspecified atom stereocenters. The van der Waals surface area contributed by atoms with Gasteiger partial charge in [-0.05, 0) is 29.3 Å². The SMILES string of the molecule is COCc1cc(C2NC(C(=O)OC)Cc3c2[nH]c2ccccc32)ccc1OC. The number of fused-ring (bicyclic) bond motifs is 3. The topological polar surface area (TPSA) is 72.6 Å². The number of hydrogen-bond acceptors (Lipinski definition) is 5. The van der Waals surface area contributed by atoms with Crippen LogP contribution >= 0.6 is 0 Å². The van der Waals surface area contributed by atoms with Crippen molar-refractivity contribution in [1.29, 1.82) is 0 Å². The van der Waals surface area contributed by atoms with Crippen LogP contribution in [0, 0.1) is 0 Å². The second kappa shape index (κ2) is 7.66. The summed E-state index contributed by atoms with van der Waals surface area (Å²) in [5.74, 6) is 0.523. The third-order valence-electron chi connectivity index (χ3n) is 5.33. The number of rotatable bonds is 5. The van der Waals surface area contributed by atoms with Gasteiger partial charge < -0.3 is 19.2 Å². The standard InChI is InChI=1S/C22H24N2O4/c1-26-12-14-10-13(8-9-19(14)27-2)20-21-16(11-18(24-20)22(25)28-3)15-6-4-5-7-17(15)23-21/h4-10,18,20,23-24H,11-12H2,1-3H3. The predicted molar refractivity (Wildman–Crippen MR) is 106 cm³/mol. The summed E-state index contributed by atoms with van der Waals surface area (Å²) in [6.07, 6.45) is 0.587. The Bertz CT molecular complexity index is 1010. The lowest BCUT2D eigenvalue weighted by molar-refractivity contribution is -0.143. The normalized spacial score (nSPS) is 18.7. The van der Waals surface area contributed by atoms with E-state index in [2.05, 4.69) is 28.5 Å². The smallest absolute Gasteiger partial charge is 0.323 e. The van der Waals surface area contributed by atoms with E-state index in [1.54, 1.807) is 14.2 Å². The zero-order valence-corrected chi connectivity index (χ0v) is 16.2. The van der Waals surface area contributed by atoms with Crippen LogP contribution in [0.3, 0.4) is 0 Å². The number of ether oxygens (including phenoxy) is 3. The molecule has 0 amide bonds. The van der Waals surface area contributed by atoms with Gasteiger partial charge >= 0.3 is 5.97 Å². The highest BCUT2D eigenvalue weighted by Gasteiger charge is 2.34. The Kier molecular flexibility index (Phi) is 5.07. The number of carbonyl (C=O) groups excluding carboxylic acids is 1. The minimum atomic E-state index is -0.408. The van der Waals surface area contributed by atoms with Gasteiger partial charge in [0.15, 0.2) is 0 Å². The van der Waals surface area contributed by atoms with Crippen LogP contribution in [-0.2, 0) is 27.3 Å². The van der Waals surface area contributed by atoms with Crippen LogP contribution in [-0.4, -0.2) is 38.3 Å². The van der Waals surface area contributed by atoms with Gasteiger partial charge in [-0.25, -0.2) is 0 Å². The molecule has 0 spiro atoms. The molecule has 4 rings (SSSR count). The minimum Gasteiger partial charge on any atom is -0.496 e. The molecule has 0 fully saturated rings. The summed E-state index contributed by atoms with van der Waals surface area (Å²) in [7, 11) is 4.73. The first-order chi connectivity index (χ1) is 13.7. The van der Waals surface area contributed by atoms with Crippen LogP contribution < -0.4 is 10.1 Å². The van der Waals surface area contributed by atoms with E-state index in [1.807, 2.05) is 24.3 Å². The number of methoxy groups -OCH3 is 3. The molecule has 28 heavy (non-hydrogen) atoms. The molecule has 0 radical (unpaired) electrons. The second-order valence-corrected chi connectivity index (χ2v) is 6.95. The van der Waals surface area contributed by atoms with Crippen molar-refractivity contribution < 1.29 is 19.0 Å². The molecule has 0 saturated carbocycles. The number of nitrogens with one attached hydrogen (secondary N) is 2. The number of H-pyrrole nitrogens is 1. The average Bonchev–Trinajstić information content (AvgIpc) is 3.11. The highest BCUT2D eigenvalue weighted by Crippen LogP contribution is 2.36. The number of carbonyl (C=O) groups is 1. The first kappa shape index (κ1) is 18.5. The third kappa shape index (κ3) is 3.15. The Hall–Kier alpha value is -2.83. The summed E-state index contributed by atoms with van der Waals surface area (Å²) in [6, 6.07) is 13.6. The lowest BCUT2D eigenvalue weighted by Crippen LogP contribution is -2.45. The Labute approximate surface area is 163 Å². The van der Waals surface area contributed by atoms with Crippen LogP contribution in [0.5, 0.6) is 5.75 Å². The molecule has 0 saturated heterocycles. The van der Waals surface area contributed by atoms with Crippen molar-refractivity contribution in [2.24, 2.45) is 0 Å². The van der Waals surface area contributed by atoms with Crippen molar-refractivity contribution in [3.8, 4) is 5.75 Å². The molecule has 1 aliphatic heterocycles. The van der Waals surface area contributed by atoms with Gasteiger partial charge in [-0.3, -0.25) is 10.1 Å². The minimum absolute atomic E-state index is 0.165. The van der Waals surface area contributed by atoms with Crippen molar-refractivity contribution >= 4 is 16.9 Å². The highest BCUT2D eigenvalue weighted by atomic mass is 16.5. The van der Waals surface area contributed by atoms with E-state index in [9.17, 15) is 4.79 Å². The molecule has 146 valence electrons. The molecule has 2 N–H and O–H groups in total. The number of benzene rings is 2. The fourth-order valence-electron chi connectivity index (χ4n) is 4.04. The Morgan fingerprint density at radius 1 is 1.14 bits per heavy atom. The summed E-state index contributed by atoms with van der Waals surface area (Å²) in [6.45, 7) is 0.448. The van der Waals surface area contributed by atoms with Crippen molar-refractivity contribution in [2.75, 3.05) is 21.3 Å². The quantitative estimate of drug-likeness (QED) is 0.666. The number of hydrogen-bond donors (Lipinski definition) is 2. The molecule has 2 heterocycles. The van der Waals surface area contributed by atoms with Crippen molar-refractivity contribution in [1.82, 2.24) is 10.3 Å². The van der Waals surface area contributed by atoms with Crippen LogP contribution in [0.1, 0.15) is 28.4 Å². The summed E-state index contributed by atoms with van der Waals surface area (Å²) < 4.78 is 15.8. The Morgan fingerprint density at radius 2 is 1.96 bits per heavy atom. The number of esters is 1. The molecule has 2 aromatic carbocycles. The van der Waals surface area contributed by atoms with Crippen LogP contribution in [0.4, 0.5) is 0 Å². The van der Waals surface area contributed by atoms with Crippen LogP contribution in [0.15, 0.2) is 42.5 Å². The molecule has 6 nitrogen and oxygen atoms in total. The number of aromatic nitrogens is 1. The molecule has 3 aromatic rings. The van der Waals surface area contributed by atoms with E-state index in [4.69, 9.17) is 14.2 Å². The van der Waals surface area contributed by atoms with Crippen molar-refractivity contribution in [2.45, 2.75) is 25.1 Å². The lowest BCUT2D eigenvalue weighted by Gasteiger charge is -2.30. The fourth-order valence-corrected chi connectivity index (χ4v) is 4.04. The highest BCUT2D eigenvalue weighted by molar-refractivity contribution is 5.87. The molecule has 0 bridgehead atoms. The van der Waals surface area contributed by atoms with E-state index in [-0.39, 0.29) is 12.0 Å². The first-order valence-corrected chi connectivity index (χ1v) is 9.25. The zero-order chi connectivity index (χ0) is 19.7. The molecule has 2 atom stereocenters. The van der Waals surface area contributed by atoms with E-state index < -0.39 is 6.04 Å². The predicted octanol–water partition coefficient (Wildman–Crippen LogP) is 3.10. The largest absolute Gasteiger partial charge is 0.496 e. The summed E-state index contributed by atoms with van der Waals surface area (Å²) in [5, 5.41) is 4.60. The van der Waals surface area contributed by atoms with Gasteiger partial charge in [-0.1, -0.05) is 24.3 Å². The molecule has 1 aromatic heterocycles. The lowest BCUT2D eigenvalue weighted by atomic mass is 9.89. The van der Waals surface area contributed by atoms with Gasteiger partial charge in [0.05, 0.1) is 26.9 Å². The van der Waals surface area contributed by atoms with E-state index in [1.165, 1.54) is 7.11 Å². The molecule has 0 aliphatic carbocycles. The monoisotopic (exact) mass is 380 g/mol. The Morgan fingerprint density at radius 3 is 2.71 bits per heavy atom. The maximum absolute atomic E-state index is 12.3.